The summed E-state index contributed by atoms with van der Waals surface area (Å²) in [6, 6.07) is 3.36. The van der Waals surface area contributed by atoms with Crippen molar-refractivity contribution in [2.45, 2.75) is 38.1 Å². The summed E-state index contributed by atoms with van der Waals surface area (Å²) in [6.07, 6.45) is 2.73. The number of aryl methyl sites for hydroxylation is 1. The van der Waals surface area contributed by atoms with Gasteiger partial charge < -0.3 is 24.7 Å². The van der Waals surface area contributed by atoms with E-state index in [1.54, 1.807) is 12.1 Å². The van der Waals surface area contributed by atoms with E-state index >= 15 is 0 Å². The van der Waals surface area contributed by atoms with Crippen LogP contribution in [0.25, 0.3) is 11.0 Å². The molecule has 0 radical (unpaired) electrons. The number of nitrogens with one attached hydrogen (secondary N) is 1. The van der Waals surface area contributed by atoms with Crippen LogP contribution in [0.5, 0.6) is 5.75 Å². The maximum absolute atomic E-state index is 12.2. The SMILES string of the molecule is O=C(O)CC(NC(=O)COc1ccc2c3c(c(=O)oc2c1)CCCC3)C(=O)O. The fraction of sp³-hybridized carbons (Fsp3) is 0.368. The average molecular weight is 389 g/mol. The van der Waals surface area contributed by atoms with Gasteiger partial charge in [-0.1, -0.05) is 0 Å². The molecule has 3 rings (SSSR count). The summed E-state index contributed by atoms with van der Waals surface area (Å²) in [5.74, 6) is -3.30. The number of carboxylic acid groups (broad SMARTS) is 2. The molecule has 1 aliphatic carbocycles. The van der Waals surface area contributed by atoms with Gasteiger partial charge in [-0.25, -0.2) is 9.59 Å². The number of benzene rings is 1. The first kappa shape index (κ1) is 19.4. The van der Waals surface area contributed by atoms with Gasteiger partial charge >= 0.3 is 17.6 Å². The lowest BCUT2D eigenvalue weighted by Crippen LogP contribution is -2.44. The van der Waals surface area contributed by atoms with E-state index in [1.165, 1.54) is 6.07 Å². The van der Waals surface area contributed by atoms with E-state index in [0.29, 0.717) is 17.6 Å². The Hall–Kier alpha value is -3.36. The molecule has 9 heteroatoms. The minimum atomic E-state index is -1.55. The Bertz CT molecular complexity index is 993. The van der Waals surface area contributed by atoms with Crippen LogP contribution in [0.1, 0.15) is 30.4 Å². The molecule has 28 heavy (non-hydrogen) atoms. The minimum absolute atomic E-state index is 0.270. The standard InChI is InChI=1S/C19H19NO8/c21-16(20-14(18(24)25)8-17(22)23)9-27-10-5-6-12-11-3-1-2-4-13(11)19(26)28-15(12)7-10/h5-7,14H,1-4,8-9H2,(H,20,21)(H,22,23)(H,24,25). The summed E-state index contributed by atoms with van der Waals surface area (Å²) < 4.78 is 10.7. The van der Waals surface area contributed by atoms with Crippen LogP contribution in [-0.2, 0) is 27.2 Å². The minimum Gasteiger partial charge on any atom is -0.484 e. The van der Waals surface area contributed by atoms with Crippen LogP contribution < -0.4 is 15.7 Å². The highest BCUT2D eigenvalue weighted by Crippen LogP contribution is 2.29. The van der Waals surface area contributed by atoms with Crippen molar-refractivity contribution in [2.24, 2.45) is 0 Å². The van der Waals surface area contributed by atoms with Gasteiger partial charge in [-0.15, -0.1) is 0 Å². The number of amides is 1. The van der Waals surface area contributed by atoms with Crippen molar-refractivity contribution in [3.05, 3.63) is 39.7 Å². The number of fused-ring (bicyclic) bond motifs is 3. The number of carbonyl (C=O) groups is 3. The first-order valence-corrected chi connectivity index (χ1v) is 8.80. The van der Waals surface area contributed by atoms with E-state index in [-0.39, 0.29) is 11.4 Å². The molecule has 9 nitrogen and oxygen atoms in total. The summed E-state index contributed by atoms with van der Waals surface area (Å²) in [7, 11) is 0. The molecule has 0 saturated heterocycles. The van der Waals surface area contributed by atoms with Gasteiger partial charge in [0.25, 0.3) is 5.91 Å². The predicted molar refractivity (Wildman–Crippen MR) is 96.4 cm³/mol. The Kier molecular flexibility index (Phi) is 5.62. The number of carboxylic acids is 2. The van der Waals surface area contributed by atoms with Crippen LogP contribution in [0.2, 0.25) is 0 Å². The lowest BCUT2D eigenvalue weighted by molar-refractivity contribution is -0.147. The van der Waals surface area contributed by atoms with E-state index in [9.17, 15) is 19.2 Å². The lowest BCUT2D eigenvalue weighted by Gasteiger charge is -2.16. The van der Waals surface area contributed by atoms with Gasteiger partial charge in [0, 0.05) is 17.0 Å². The maximum Gasteiger partial charge on any atom is 0.339 e. The molecular formula is C19H19NO8. The summed E-state index contributed by atoms with van der Waals surface area (Å²) in [5, 5.41) is 20.5. The summed E-state index contributed by atoms with van der Waals surface area (Å²) in [5.41, 5.74) is 1.69. The van der Waals surface area contributed by atoms with Gasteiger partial charge in [-0.2, -0.15) is 0 Å². The Balaban J connectivity index is 1.71. The third kappa shape index (κ3) is 4.30. The quantitative estimate of drug-likeness (QED) is 0.597. The lowest BCUT2D eigenvalue weighted by atomic mass is 9.91. The molecule has 0 saturated carbocycles. The van der Waals surface area contributed by atoms with Crippen LogP contribution in [0.3, 0.4) is 0 Å². The topological polar surface area (TPSA) is 143 Å². The molecule has 0 bridgehead atoms. The van der Waals surface area contributed by atoms with E-state index in [1.807, 2.05) is 0 Å². The molecule has 0 aliphatic heterocycles. The highest BCUT2D eigenvalue weighted by Gasteiger charge is 2.23. The predicted octanol–water partition coefficient (Wildman–Crippen LogP) is 1.09. The normalized spacial score (nSPS) is 14.1. The summed E-state index contributed by atoms with van der Waals surface area (Å²) in [4.78, 5) is 45.6. The van der Waals surface area contributed by atoms with Gasteiger partial charge in [-0.05, 0) is 43.4 Å². The highest BCUT2D eigenvalue weighted by molar-refractivity contribution is 5.87. The van der Waals surface area contributed by atoms with Crippen LogP contribution >= 0.6 is 0 Å². The molecule has 3 N–H and O–H groups in total. The van der Waals surface area contributed by atoms with E-state index in [2.05, 4.69) is 5.32 Å². The zero-order valence-electron chi connectivity index (χ0n) is 14.9. The zero-order valence-corrected chi connectivity index (χ0v) is 14.9. The largest absolute Gasteiger partial charge is 0.484 e. The van der Waals surface area contributed by atoms with E-state index in [0.717, 1.165) is 30.2 Å². The molecule has 0 spiro atoms. The zero-order chi connectivity index (χ0) is 20.3. The van der Waals surface area contributed by atoms with Gasteiger partial charge in [0.2, 0.25) is 0 Å². The van der Waals surface area contributed by atoms with Crippen LogP contribution in [0.15, 0.2) is 27.4 Å². The third-order valence-electron chi connectivity index (χ3n) is 4.58. The average Bonchev–Trinajstić information content (AvgIpc) is 2.65. The van der Waals surface area contributed by atoms with Crippen molar-refractivity contribution in [3.63, 3.8) is 0 Å². The molecule has 1 atom stereocenters. The van der Waals surface area contributed by atoms with Gasteiger partial charge in [0.1, 0.15) is 17.4 Å². The fourth-order valence-electron chi connectivity index (χ4n) is 3.28. The molecule has 1 aromatic carbocycles. The maximum atomic E-state index is 12.2. The van der Waals surface area contributed by atoms with Crippen molar-refractivity contribution in [1.29, 1.82) is 0 Å². The van der Waals surface area contributed by atoms with Crippen LogP contribution in [-0.4, -0.2) is 40.7 Å². The van der Waals surface area contributed by atoms with Crippen LogP contribution in [0, 0.1) is 0 Å². The Morgan fingerprint density at radius 2 is 1.86 bits per heavy atom. The van der Waals surface area contributed by atoms with Gasteiger partial charge in [-0.3, -0.25) is 9.59 Å². The molecular weight excluding hydrogens is 370 g/mol. The Morgan fingerprint density at radius 1 is 1.14 bits per heavy atom. The Morgan fingerprint density at radius 3 is 2.54 bits per heavy atom. The number of hydrogen-bond acceptors (Lipinski definition) is 6. The second kappa shape index (κ2) is 8.12. The third-order valence-corrected chi connectivity index (χ3v) is 4.58. The molecule has 1 amide bonds. The Labute approximate surface area is 158 Å². The second-order valence-corrected chi connectivity index (χ2v) is 6.56. The number of hydrogen-bond donors (Lipinski definition) is 3. The number of ether oxygens (including phenoxy) is 1. The highest BCUT2D eigenvalue weighted by atomic mass is 16.5. The first-order chi connectivity index (χ1) is 13.3. The van der Waals surface area contributed by atoms with E-state index in [4.69, 9.17) is 19.4 Å². The van der Waals surface area contributed by atoms with Crippen molar-refractivity contribution >= 4 is 28.8 Å². The molecule has 1 aliphatic rings. The number of carbonyl (C=O) groups excluding carboxylic acids is 1. The molecule has 0 fully saturated rings. The van der Waals surface area contributed by atoms with E-state index < -0.39 is 36.9 Å². The number of rotatable bonds is 7. The summed E-state index contributed by atoms with van der Waals surface area (Å²) >= 11 is 0. The number of aliphatic carboxylic acids is 2. The monoisotopic (exact) mass is 389 g/mol. The first-order valence-electron chi connectivity index (χ1n) is 8.80. The smallest absolute Gasteiger partial charge is 0.339 e. The van der Waals surface area contributed by atoms with Gasteiger partial charge in [0.05, 0.1) is 6.42 Å². The molecule has 1 heterocycles. The van der Waals surface area contributed by atoms with Crippen molar-refractivity contribution in [3.8, 4) is 5.75 Å². The fourth-order valence-corrected chi connectivity index (χ4v) is 3.28. The molecule has 148 valence electrons. The molecule has 2 aromatic rings. The van der Waals surface area contributed by atoms with Crippen molar-refractivity contribution in [1.82, 2.24) is 5.32 Å². The molecule has 1 aromatic heterocycles. The van der Waals surface area contributed by atoms with Crippen LogP contribution in [0.4, 0.5) is 0 Å². The molecule has 1 unspecified atom stereocenters. The van der Waals surface area contributed by atoms with Crippen molar-refractivity contribution in [2.75, 3.05) is 6.61 Å². The van der Waals surface area contributed by atoms with Gasteiger partial charge in [0.15, 0.2) is 6.61 Å². The van der Waals surface area contributed by atoms with Crippen molar-refractivity contribution < 1.29 is 33.8 Å². The second-order valence-electron chi connectivity index (χ2n) is 6.56. The summed E-state index contributed by atoms with van der Waals surface area (Å²) in [6.45, 7) is -0.510.